The van der Waals surface area contributed by atoms with Crippen LogP contribution in [-0.4, -0.2) is 186 Å². The van der Waals surface area contributed by atoms with E-state index in [1.807, 2.05) is 31.2 Å². The molecule has 18 heteroatoms. The minimum atomic E-state index is -0.946. The number of amides is 1. The van der Waals surface area contributed by atoms with Crippen LogP contribution in [0.5, 0.6) is 5.75 Å². The summed E-state index contributed by atoms with van der Waals surface area (Å²) in [4.78, 5) is 17.7. The summed E-state index contributed by atoms with van der Waals surface area (Å²) in [5.41, 5.74) is 2.65. The second-order valence-corrected chi connectivity index (χ2v) is 12.4. The second kappa shape index (κ2) is 37.5. The van der Waals surface area contributed by atoms with Gasteiger partial charge in [-0.3, -0.25) is 9.79 Å². The van der Waals surface area contributed by atoms with Crippen molar-refractivity contribution in [1.82, 2.24) is 0 Å². The number of aliphatic imine (C=N–C) groups is 1. The number of hydrogen-bond acceptors (Lipinski definition) is 17. The molecule has 0 saturated carbocycles. The van der Waals surface area contributed by atoms with E-state index in [-0.39, 0.29) is 25.7 Å². The molecule has 1 amide bonds. The minimum absolute atomic E-state index is 0.0153. The quantitative estimate of drug-likeness (QED) is 0.0501. The highest BCUT2D eigenvalue weighted by Gasteiger charge is 2.22. The summed E-state index contributed by atoms with van der Waals surface area (Å²) in [6.45, 7) is 13.1. The number of hydrogen-bond donors (Lipinski definition) is 3. The monoisotopic (exact) mass is 838 g/mol. The van der Waals surface area contributed by atoms with Gasteiger partial charge in [-0.15, -0.1) is 0 Å². The lowest BCUT2D eigenvalue weighted by molar-refractivity contribution is -0.116. The van der Waals surface area contributed by atoms with Gasteiger partial charge in [0.15, 0.2) is 6.04 Å². The van der Waals surface area contributed by atoms with E-state index >= 15 is 0 Å². The first-order valence-electron chi connectivity index (χ1n) is 20.1. The molecule has 2 rings (SSSR count). The first-order chi connectivity index (χ1) is 29.0. The predicted molar refractivity (Wildman–Crippen MR) is 220 cm³/mol. The number of carbonyl (C=O) groups is 1. The molecule has 0 aliphatic rings. The molecule has 1 atom stereocenters. The molecule has 0 heterocycles. The Morgan fingerprint density at radius 2 is 0.966 bits per heavy atom. The van der Waals surface area contributed by atoms with Gasteiger partial charge in [-0.25, -0.2) is 0 Å². The Kier molecular flexibility index (Phi) is 32.8. The summed E-state index contributed by atoms with van der Waals surface area (Å²) in [5, 5.41) is 29.1. The number of anilines is 1. The Labute approximate surface area is 348 Å². The zero-order chi connectivity index (χ0) is 42.3. The van der Waals surface area contributed by atoms with Gasteiger partial charge >= 0.3 is 0 Å². The van der Waals surface area contributed by atoms with E-state index in [0.29, 0.717) is 162 Å². The average Bonchev–Trinajstić information content (AvgIpc) is 3.24. The zero-order valence-corrected chi connectivity index (χ0v) is 34.8. The Balaban J connectivity index is 1.44. The Hall–Kier alpha value is -3.50. The van der Waals surface area contributed by atoms with Crippen LogP contribution in [0.15, 0.2) is 63.8 Å². The lowest BCUT2D eigenvalue weighted by Gasteiger charge is -2.14. The number of para-hydroxylation sites is 1. The number of rotatable bonds is 40. The van der Waals surface area contributed by atoms with Gasteiger partial charge in [-0.05, 0) is 49.7 Å². The largest absolute Gasteiger partial charge is 0.491 e. The van der Waals surface area contributed by atoms with Gasteiger partial charge in [-0.2, -0.15) is 10.2 Å². The van der Waals surface area contributed by atoms with Crippen LogP contribution in [0.4, 0.5) is 11.4 Å². The molecule has 0 bridgehead atoms. The van der Waals surface area contributed by atoms with Crippen LogP contribution < -0.4 is 10.1 Å². The first-order valence-corrected chi connectivity index (χ1v) is 20.1. The standard InChI is InChI=1S/C41H66N4O14/c1-35-5-3-4-6-39(35)43-41(48)40(36(2)42-11-14-49-15-12-46)45-44-37-7-9-38(10-8-37)59-34-33-58-32-31-57-30-29-56-28-27-55-26-25-54-24-23-53-22-21-52-20-19-51-18-17-50-16-13-47/h3-10,40,46-47H,11-34H2,1-2H3,(H,43,48). The van der Waals surface area contributed by atoms with Crippen LogP contribution in [0.2, 0.25) is 0 Å². The van der Waals surface area contributed by atoms with E-state index in [4.69, 9.17) is 62.3 Å². The highest BCUT2D eigenvalue weighted by Crippen LogP contribution is 2.20. The van der Waals surface area contributed by atoms with Gasteiger partial charge in [0.1, 0.15) is 12.4 Å². The van der Waals surface area contributed by atoms with Gasteiger partial charge in [-0.1, -0.05) is 18.2 Å². The van der Waals surface area contributed by atoms with Crippen molar-refractivity contribution in [2.24, 2.45) is 15.2 Å². The Morgan fingerprint density at radius 3 is 1.41 bits per heavy atom. The van der Waals surface area contributed by atoms with Crippen molar-refractivity contribution >= 4 is 23.0 Å². The average molecular weight is 839 g/mol. The molecule has 0 aromatic heterocycles. The molecule has 0 aliphatic carbocycles. The van der Waals surface area contributed by atoms with Gasteiger partial charge in [0.2, 0.25) is 0 Å². The maximum atomic E-state index is 13.2. The zero-order valence-electron chi connectivity index (χ0n) is 34.8. The molecule has 0 radical (unpaired) electrons. The van der Waals surface area contributed by atoms with Crippen molar-refractivity contribution < 1.29 is 67.1 Å². The van der Waals surface area contributed by atoms with E-state index < -0.39 is 6.04 Å². The number of azo groups is 1. The Morgan fingerprint density at radius 1 is 0.559 bits per heavy atom. The van der Waals surface area contributed by atoms with Gasteiger partial charge in [0.05, 0.1) is 158 Å². The fourth-order valence-corrected chi connectivity index (χ4v) is 4.66. The Bertz CT molecular complexity index is 1360. The maximum Gasteiger partial charge on any atom is 0.256 e. The van der Waals surface area contributed by atoms with Crippen molar-refractivity contribution in [3.05, 3.63) is 54.1 Å². The van der Waals surface area contributed by atoms with Crippen molar-refractivity contribution in [3.63, 3.8) is 0 Å². The number of nitrogens with one attached hydrogen (secondary N) is 1. The lowest BCUT2D eigenvalue weighted by Crippen LogP contribution is -2.32. The van der Waals surface area contributed by atoms with Gasteiger partial charge in [0.25, 0.3) is 5.91 Å². The van der Waals surface area contributed by atoms with Crippen molar-refractivity contribution in [2.45, 2.75) is 19.9 Å². The minimum Gasteiger partial charge on any atom is -0.491 e. The number of aliphatic hydroxyl groups is 2. The first kappa shape index (κ1) is 51.6. The van der Waals surface area contributed by atoms with Crippen LogP contribution in [0, 0.1) is 6.92 Å². The summed E-state index contributed by atoms with van der Waals surface area (Å²) in [7, 11) is 0. The van der Waals surface area contributed by atoms with Crippen molar-refractivity contribution in [2.75, 3.05) is 164 Å². The third-order valence-corrected chi connectivity index (χ3v) is 7.71. The molecule has 2 aromatic carbocycles. The van der Waals surface area contributed by atoms with E-state index in [1.165, 1.54) is 0 Å². The molecule has 0 saturated heterocycles. The molecule has 334 valence electrons. The fraction of sp³-hybridized carbons (Fsp3) is 0.659. The van der Waals surface area contributed by atoms with Crippen molar-refractivity contribution in [3.8, 4) is 5.75 Å². The van der Waals surface area contributed by atoms with E-state index in [9.17, 15) is 4.79 Å². The van der Waals surface area contributed by atoms with E-state index in [0.717, 1.165) is 5.56 Å². The third-order valence-electron chi connectivity index (χ3n) is 7.71. The third kappa shape index (κ3) is 28.6. The van der Waals surface area contributed by atoms with Gasteiger partial charge < -0.3 is 67.6 Å². The molecule has 3 N–H and O–H groups in total. The summed E-state index contributed by atoms with van der Waals surface area (Å²) in [6, 6.07) is 13.6. The number of ether oxygens (including phenoxy) is 11. The normalized spacial score (nSPS) is 12.4. The number of aryl methyl sites for hydroxylation is 1. The molecule has 0 fully saturated rings. The number of carbonyl (C=O) groups excluding carboxylic acids is 1. The topological polar surface area (TPSA) is 208 Å². The summed E-state index contributed by atoms with van der Waals surface area (Å²) in [6.07, 6.45) is 0. The number of aliphatic hydroxyl groups excluding tert-OH is 2. The summed E-state index contributed by atoms with van der Waals surface area (Å²) < 4.78 is 60.0. The molecule has 18 nitrogen and oxygen atoms in total. The highest BCUT2D eigenvalue weighted by atomic mass is 16.6. The molecule has 0 spiro atoms. The SMILES string of the molecule is CC(=NCCOCCO)C(N=Nc1ccc(OCCOCCOCCOCCOCCOCCOCCOCCOCCOCCO)cc1)C(=O)Nc1ccccc1C. The van der Waals surface area contributed by atoms with Crippen LogP contribution >= 0.6 is 0 Å². The molecular formula is C41H66N4O14. The lowest BCUT2D eigenvalue weighted by atomic mass is 10.1. The molecule has 2 aromatic rings. The molecule has 0 aliphatic heterocycles. The van der Waals surface area contributed by atoms with Crippen molar-refractivity contribution in [1.29, 1.82) is 0 Å². The van der Waals surface area contributed by atoms with E-state index in [2.05, 4.69) is 20.5 Å². The molecular weight excluding hydrogens is 772 g/mol. The van der Waals surface area contributed by atoms with Crippen LogP contribution in [0.3, 0.4) is 0 Å². The predicted octanol–water partition coefficient (Wildman–Crippen LogP) is 3.08. The number of benzene rings is 2. The summed E-state index contributed by atoms with van der Waals surface area (Å²) in [5.74, 6) is 0.294. The molecule has 1 unspecified atom stereocenters. The van der Waals surface area contributed by atoms with E-state index in [1.54, 1.807) is 31.2 Å². The highest BCUT2D eigenvalue weighted by molar-refractivity contribution is 6.12. The van der Waals surface area contributed by atoms with Crippen LogP contribution in [0.25, 0.3) is 0 Å². The second-order valence-electron chi connectivity index (χ2n) is 12.4. The number of nitrogens with zero attached hydrogens (tertiary/aromatic N) is 3. The smallest absolute Gasteiger partial charge is 0.256 e. The maximum absolute atomic E-state index is 13.2. The fourth-order valence-electron chi connectivity index (χ4n) is 4.66. The molecule has 59 heavy (non-hydrogen) atoms. The van der Waals surface area contributed by atoms with Gasteiger partial charge in [0, 0.05) is 11.4 Å². The van der Waals surface area contributed by atoms with Crippen LogP contribution in [-0.2, 0) is 52.2 Å². The van der Waals surface area contributed by atoms with Crippen LogP contribution in [0.1, 0.15) is 12.5 Å². The summed E-state index contributed by atoms with van der Waals surface area (Å²) >= 11 is 0.